The number of nitrogens with one attached hydrogen (secondary N) is 2. The van der Waals surface area contributed by atoms with Gasteiger partial charge in [0.25, 0.3) is 0 Å². The third-order valence-electron chi connectivity index (χ3n) is 2.30. The number of hydrogen-bond donors (Lipinski definition) is 2. The summed E-state index contributed by atoms with van der Waals surface area (Å²) in [4.78, 5) is 0. The van der Waals surface area contributed by atoms with E-state index in [9.17, 15) is 0 Å². The van der Waals surface area contributed by atoms with E-state index >= 15 is 0 Å². The molecule has 2 N–H and O–H groups in total. The Morgan fingerprint density at radius 3 is 3.15 bits per heavy atom. The second kappa shape index (κ2) is 3.58. The maximum Gasteiger partial charge on any atom is 0.0722 e. The minimum absolute atomic E-state index is 0.535. The molecular formula is C10H13BrN2. The summed E-state index contributed by atoms with van der Waals surface area (Å²) in [7, 11) is 0. The van der Waals surface area contributed by atoms with E-state index < -0.39 is 0 Å². The quantitative estimate of drug-likeness (QED) is 0.729. The Hall–Kier alpha value is -0.700. The lowest BCUT2D eigenvalue weighted by Crippen LogP contribution is -2.14. The second-order valence-corrected chi connectivity index (χ2v) is 4.28. The van der Waals surface area contributed by atoms with Crippen molar-refractivity contribution >= 4 is 27.3 Å². The molecule has 0 spiro atoms. The molecule has 1 aromatic carbocycles. The predicted molar refractivity (Wildman–Crippen MR) is 60.3 cm³/mol. The Kier molecular flexibility index (Phi) is 2.44. The highest BCUT2D eigenvalue weighted by Crippen LogP contribution is 2.32. The van der Waals surface area contributed by atoms with Gasteiger partial charge in [-0.3, -0.25) is 0 Å². The van der Waals surface area contributed by atoms with Gasteiger partial charge in [0.1, 0.15) is 0 Å². The van der Waals surface area contributed by atoms with E-state index in [0.29, 0.717) is 6.04 Å². The van der Waals surface area contributed by atoms with Crippen LogP contribution in [0.15, 0.2) is 22.7 Å². The van der Waals surface area contributed by atoms with Crippen molar-refractivity contribution in [3.05, 3.63) is 22.7 Å². The van der Waals surface area contributed by atoms with Gasteiger partial charge in [0, 0.05) is 17.1 Å². The Morgan fingerprint density at radius 1 is 1.46 bits per heavy atom. The molecule has 1 aliphatic rings. The molecule has 3 heteroatoms. The summed E-state index contributed by atoms with van der Waals surface area (Å²) in [5.41, 5.74) is 2.38. The number of halogens is 1. The molecule has 0 aliphatic carbocycles. The molecule has 0 aromatic heterocycles. The normalized spacial score (nSPS) is 20.9. The van der Waals surface area contributed by atoms with Crippen LogP contribution in [0.1, 0.15) is 13.3 Å². The average molecular weight is 241 g/mol. The number of hydrogen-bond acceptors (Lipinski definition) is 2. The van der Waals surface area contributed by atoms with E-state index in [-0.39, 0.29) is 0 Å². The van der Waals surface area contributed by atoms with Gasteiger partial charge in [0.15, 0.2) is 0 Å². The smallest absolute Gasteiger partial charge is 0.0722 e. The largest absolute Gasteiger partial charge is 0.383 e. The third kappa shape index (κ3) is 1.80. The molecule has 0 bridgehead atoms. The van der Waals surface area contributed by atoms with Gasteiger partial charge in [0.2, 0.25) is 0 Å². The molecule has 0 unspecified atom stereocenters. The molecular weight excluding hydrogens is 228 g/mol. The Bertz CT molecular complexity index is 312. The minimum Gasteiger partial charge on any atom is -0.383 e. The predicted octanol–water partition coefficient (Wildman–Crippen LogP) is 3.07. The van der Waals surface area contributed by atoms with Crippen LogP contribution in [0.5, 0.6) is 0 Å². The number of para-hydroxylation sites is 1. The summed E-state index contributed by atoms with van der Waals surface area (Å²) < 4.78 is 1.13. The zero-order chi connectivity index (χ0) is 9.26. The summed E-state index contributed by atoms with van der Waals surface area (Å²) in [5, 5.41) is 6.89. The topological polar surface area (TPSA) is 24.1 Å². The molecule has 2 rings (SSSR count). The van der Waals surface area contributed by atoms with Crippen molar-refractivity contribution in [2.75, 3.05) is 17.2 Å². The molecule has 0 fully saturated rings. The maximum atomic E-state index is 3.54. The van der Waals surface area contributed by atoms with E-state index in [0.717, 1.165) is 17.4 Å². The zero-order valence-corrected chi connectivity index (χ0v) is 9.19. The SMILES string of the molecule is C[C@@H]1CCNc2cccc(Br)c2N1. The van der Waals surface area contributed by atoms with Crippen LogP contribution in [-0.4, -0.2) is 12.6 Å². The lowest BCUT2D eigenvalue weighted by molar-refractivity contribution is 0.745. The number of anilines is 2. The van der Waals surface area contributed by atoms with Crippen molar-refractivity contribution in [1.29, 1.82) is 0 Å². The maximum absolute atomic E-state index is 3.54. The molecule has 1 aliphatic heterocycles. The van der Waals surface area contributed by atoms with Crippen molar-refractivity contribution in [2.45, 2.75) is 19.4 Å². The van der Waals surface area contributed by atoms with Crippen LogP contribution in [0.2, 0.25) is 0 Å². The van der Waals surface area contributed by atoms with Gasteiger partial charge < -0.3 is 10.6 Å². The first-order valence-electron chi connectivity index (χ1n) is 4.56. The zero-order valence-electron chi connectivity index (χ0n) is 7.60. The highest BCUT2D eigenvalue weighted by molar-refractivity contribution is 9.10. The van der Waals surface area contributed by atoms with Crippen LogP contribution < -0.4 is 10.6 Å². The summed E-state index contributed by atoms with van der Waals surface area (Å²) in [6.45, 7) is 3.24. The first kappa shape index (κ1) is 8.88. The molecule has 13 heavy (non-hydrogen) atoms. The molecule has 0 amide bonds. The first-order valence-corrected chi connectivity index (χ1v) is 5.35. The number of rotatable bonds is 0. The summed E-state index contributed by atoms with van der Waals surface area (Å²) in [6, 6.07) is 6.75. The van der Waals surface area contributed by atoms with E-state index in [1.165, 1.54) is 11.4 Å². The Balaban J connectivity index is 2.40. The molecule has 70 valence electrons. The van der Waals surface area contributed by atoms with Crippen LogP contribution in [0.3, 0.4) is 0 Å². The van der Waals surface area contributed by atoms with E-state index in [1.807, 2.05) is 6.07 Å². The van der Waals surface area contributed by atoms with Crippen LogP contribution >= 0.6 is 15.9 Å². The van der Waals surface area contributed by atoms with Gasteiger partial charge in [-0.05, 0) is 41.4 Å². The van der Waals surface area contributed by atoms with Gasteiger partial charge in [0.05, 0.1) is 11.4 Å². The molecule has 1 atom stereocenters. The number of fused-ring (bicyclic) bond motifs is 1. The van der Waals surface area contributed by atoms with Gasteiger partial charge in [-0.1, -0.05) is 6.07 Å². The molecule has 0 saturated carbocycles. The fraction of sp³-hybridized carbons (Fsp3) is 0.400. The molecule has 0 saturated heterocycles. The Morgan fingerprint density at radius 2 is 2.31 bits per heavy atom. The molecule has 1 heterocycles. The average Bonchev–Trinajstić information content (AvgIpc) is 2.28. The summed E-state index contributed by atoms with van der Waals surface area (Å²) in [6.07, 6.45) is 1.15. The minimum atomic E-state index is 0.535. The van der Waals surface area contributed by atoms with Crippen LogP contribution in [0, 0.1) is 0 Å². The monoisotopic (exact) mass is 240 g/mol. The standard InChI is InChI=1S/C10H13BrN2/c1-7-5-6-12-9-4-2-3-8(11)10(9)13-7/h2-4,7,12-13H,5-6H2,1H3/t7-/m1/s1. The van der Waals surface area contributed by atoms with Crippen molar-refractivity contribution in [3.63, 3.8) is 0 Å². The van der Waals surface area contributed by atoms with Crippen LogP contribution in [0.4, 0.5) is 11.4 Å². The molecule has 0 radical (unpaired) electrons. The highest BCUT2D eigenvalue weighted by atomic mass is 79.9. The van der Waals surface area contributed by atoms with Gasteiger partial charge in [-0.15, -0.1) is 0 Å². The Labute approximate surface area is 86.9 Å². The van der Waals surface area contributed by atoms with Crippen LogP contribution in [0.25, 0.3) is 0 Å². The lowest BCUT2D eigenvalue weighted by Gasteiger charge is -2.13. The van der Waals surface area contributed by atoms with Gasteiger partial charge in [-0.2, -0.15) is 0 Å². The van der Waals surface area contributed by atoms with Crippen molar-refractivity contribution in [3.8, 4) is 0 Å². The second-order valence-electron chi connectivity index (χ2n) is 3.42. The summed E-state index contributed by atoms with van der Waals surface area (Å²) >= 11 is 3.54. The van der Waals surface area contributed by atoms with Crippen molar-refractivity contribution in [2.24, 2.45) is 0 Å². The highest BCUT2D eigenvalue weighted by Gasteiger charge is 2.12. The van der Waals surface area contributed by atoms with Gasteiger partial charge in [-0.25, -0.2) is 0 Å². The molecule has 1 aromatic rings. The van der Waals surface area contributed by atoms with E-state index in [4.69, 9.17) is 0 Å². The third-order valence-corrected chi connectivity index (χ3v) is 2.96. The first-order chi connectivity index (χ1) is 6.27. The van der Waals surface area contributed by atoms with Crippen molar-refractivity contribution < 1.29 is 0 Å². The fourth-order valence-corrected chi connectivity index (χ4v) is 2.04. The van der Waals surface area contributed by atoms with E-state index in [2.05, 4.69) is 45.6 Å². The number of benzene rings is 1. The molecule has 2 nitrogen and oxygen atoms in total. The van der Waals surface area contributed by atoms with E-state index in [1.54, 1.807) is 0 Å². The summed E-state index contributed by atoms with van der Waals surface area (Å²) in [5.74, 6) is 0. The van der Waals surface area contributed by atoms with Gasteiger partial charge >= 0.3 is 0 Å². The van der Waals surface area contributed by atoms with Crippen LogP contribution in [-0.2, 0) is 0 Å². The van der Waals surface area contributed by atoms with Crippen molar-refractivity contribution in [1.82, 2.24) is 0 Å². The lowest BCUT2D eigenvalue weighted by atomic mass is 10.2. The fourth-order valence-electron chi connectivity index (χ4n) is 1.56.